The molecule has 0 aliphatic carbocycles. The van der Waals surface area contributed by atoms with Gasteiger partial charge in [-0.15, -0.1) is 0 Å². The Morgan fingerprint density at radius 2 is 1.73 bits per heavy atom. The molecule has 0 radical (unpaired) electrons. The second kappa shape index (κ2) is 8.30. The topological polar surface area (TPSA) is 93.2 Å². The van der Waals surface area contributed by atoms with Crippen molar-refractivity contribution in [3.8, 4) is 11.4 Å². The van der Waals surface area contributed by atoms with E-state index in [1.54, 1.807) is 25.4 Å². The first-order valence-electron chi connectivity index (χ1n) is 9.54. The summed E-state index contributed by atoms with van der Waals surface area (Å²) in [6.45, 7) is -0.231. The van der Waals surface area contributed by atoms with Crippen molar-refractivity contribution in [3.63, 3.8) is 0 Å². The Labute approximate surface area is 172 Å². The number of carbonyl (C=O) groups excluding carboxylic acids is 1. The van der Waals surface area contributed by atoms with Crippen molar-refractivity contribution in [1.82, 2.24) is 19.1 Å². The number of nitrogens with zero attached hydrogens (tertiary/aromatic N) is 5. The van der Waals surface area contributed by atoms with Crippen LogP contribution in [0.2, 0.25) is 0 Å². The number of fused-ring (bicyclic) bond motifs is 1. The fourth-order valence-electron chi connectivity index (χ4n) is 3.38. The van der Waals surface area contributed by atoms with Crippen LogP contribution in [0, 0.1) is 0 Å². The number of aromatic nitrogens is 4. The highest BCUT2D eigenvalue weighted by atomic mass is 16.3. The summed E-state index contributed by atoms with van der Waals surface area (Å²) in [7, 11) is 1.62. The zero-order valence-corrected chi connectivity index (χ0v) is 16.5. The van der Waals surface area contributed by atoms with Crippen molar-refractivity contribution in [2.45, 2.75) is 6.54 Å². The minimum Gasteiger partial charge on any atom is -0.395 e. The number of hydrogen-bond donors (Lipinski definition) is 1. The van der Waals surface area contributed by atoms with Crippen molar-refractivity contribution in [1.29, 1.82) is 0 Å². The lowest BCUT2D eigenvalue weighted by Gasteiger charge is -2.22. The lowest BCUT2D eigenvalue weighted by molar-refractivity contribution is -0.119. The van der Waals surface area contributed by atoms with Crippen molar-refractivity contribution >= 4 is 22.8 Å². The van der Waals surface area contributed by atoms with E-state index in [1.807, 2.05) is 48.5 Å². The Balaban J connectivity index is 1.71. The van der Waals surface area contributed by atoms with Crippen molar-refractivity contribution < 1.29 is 9.90 Å². The molecule has 1 N–H and O–H groups in total. The molecular formula is C22H21N5O3. The molecule has 0 bridgehead atoms. The van der Waals surface area contributed by atoms with Crippen LogP contribution in [0.15, 0.2) is 71.7 Å². The van der Waals surface area contributed by atoms with Crippen molar-refractivity contribution in [2.24, 2.45) is 7.05 Å². The van der Waals surface area contributed by atoms with Crippen LogP contribution in [0.25, 0.3) is 22.6 Å². The molecule has 0 fully saturated rings. The number of imidazole rings is 1. The largest absolute Gasteiger partial charge is 0.395 e. The minimum absolute atomic E-state index is 0.136. The van der Waals surface area contributed by atoms with Crippen LogP contribution < -0.4 is 10.6 Å². The highest BCUT2D eigenvalue weighted by Crippen LogP contribution is 2.18. The van der Waals surface area contributed by atoms with Crippen molar-refractivity contribution in [2.75, 3.05) is 18.1 Å². The van der Waals surface area contributed by atoms with Crippen LogP contribution in [-0.4, -0.2) is 43.3 Å². The summed E-state index contributed by atoms with van der Waals surface area (Å²) in [4.78, 5) is 36.2. The van der Waals surface area contributed by atoms with Gasteiger partial charge in [0.2, 0.25) is 5.91 Å². The van der Waals surface area contributed by atoms with Gasteiger partial charge in [0.25, 0.3) is 0 Å². The van der Waals surface area contributed by atoms with Crippen LogP contribution in [0.5, 0.6) is 0 Å². The zero-order valence-electron chi connectivity index (χ0n) is 16.5. The fraction of sp³-hybridized carbons (Fsp3) is 0.182. The Kier molecular flexibility index (Phi) is 5.40. The first-order chi connectivity index (χ1) is 14.6. The van der Waals surface area contributed by atoms with Gasteiger partial charge in [0.1, 0.15) is 12.1 Å². The van der Waals surface area contributed by atoms with Gasteiger partial charge >= 0.3 is 5.69 Å². The maximum Gasteiger partial charge on any atom is 0.330 e. The molecule has 2 aromatic heterocycles. The molecule has 30 heavy (non-hydrogen) atoms. The molecule has 152 valence electrons. The number of amides is 1. The summed E-state index contributed by atoms with van der Waals surface area (Å²) in [5, 5.41) is 9.40. The number of aryl methyl sites for hydroxylation is 1. The molecule has 2 heterocycles. The Hall–Kier alpha value is -3.78. The van der Waals surface area contributed by atoms with Gasteiger partial charge in [-0.3, -0.25) is 13.9 Å². The molecule has 0 aliphatic rings. The molecule has 0 spiro atoms. The number of para-hydroxylation sites is 1. The van der Waals surface area contributed by atoms with Crippen LogP contribution in [0.3, 0.4) is 0 Å². The third kappa shape index (κ3) is 3.60. The predicted octanol–water partition coefficient (Wildman–Crippen LogP) is 1.82. The van der Waals surface area contributed by atoms with Gasteiger partial charge in [0, 0.05) is 24.8 Å². The molecular weight excluding hydrogens is 382 g/mol. The quantitative estimate of drug-likeness (QED) is 0.530. The van der Waals surface area contributed by atoms with Gasteiger partial charge in [0.05, 0.1) is 12.8 Å². The molecule has 0 unspecified atom stereocenters. The number of anilines is 1. The number of benzene rings is 2. The number of carbonyl (C=O) groups is 1. The Bertz CT molecular complexity index is 1230. The second-order valence-electron chi connectivity index (χ2n) is 6.80. The van der Waals surface area contributed by atoms with Crippen LogP contribution in [-0.2, 0) is 18.4 Å². The molecule has 4 aromatic rings. The van der Waals surface area contributed by atoms with Gasteiger partial charge < -0.3 is 10.0 Å². The summed E-state index contributed by atoms with van der Waals surface area (Å²) in [6, 6.07) is 18.5. The summed E-state index contributed by atoms with van der Waals surface area (Å²) in [5.74, 6) is 0.199. The third-order valence-electron chi connectivity index (χ3n) is 4.89. The summed E-state index contributed by atoms with van der Waals surface area (Å²) in [6.07, 6.45) is 1.57. The van der Waals surface area contributed by atoms with Gasteiger partial charge in [-0.05, 0) is 12.1 Å². The average Bonchev–Trinajstić information content (AvgIpc) is 3.03. The van der Waals surface area contributed by atoms with E-state index in [0.29, 0.717) is 22.7 Å². The van der Waals surface area contributed by atoms with E-state index in [2.05, 4.69) is 9.97 Å². The van der Waals surface area contributed by atoms with Crippen LogP contribution >= 0.6 is 0 Å². The maximum atomic E-state index is 13.0. The normalized spacial score (nSPS) is 11.0. The SMILES string of the molecule is Cn1c(=O)n(CC(=O)N(CCO)c2ccccc2)c2cnc(-c3ccccc3)nc21. The highest BCUT2D eigenvalue weighted by Gasteiger charge is 2.20. The molecule has 4 rings (SSSR count). The lowest BCUT2D eigenvalue weighted by Crippen LogP contribution is -2.38. The average molecular weight is 403 g/mol. The lowest BCUT2D eigenvalue weighted by atomic mass is 10.2. The minimum atomic E-state index is -0.352. The van der Waals surface area contributed by atoms with Crippen LogP contribution in [0.4, 0.5) is 5.69 Å². The summed E-state index contributed by atoms with van der Waals surface area (Å²) in [5.41, 5.74) is 2.08. The molecule has 2 aromatic carbocycles. The number of hydrogen-bond acceptors (Lipinski definition) is 5. The molecule has 0 saturated heterocycles. The van der Waals surface area contributed by atoms with E-state index >= 15 is 0 Å². The van der Waals surface area contributed by atoms with Crippen molar-refractivity contribution in [3.05, 3.63) is 77.3 Å². The first-order valence-corrected chi connectivity index (χ1v) is 9.54. The van der Waals surface area contributed by atoms with Gasteiger partial charge in [-0.25, -0.2) is 14.8 Å². The van der Waals surface area contributed by atoms with E-state index in [0.717, 1.165) is 5.56 Å². The number of aliphatic hydroxyl groups excluding tert-OH is 1. The van der Waals surface area contributed by atoms with Gasteiger partial charge in [-0.2, -0.15) is 0 Å². The van der Waals surface area contributed by atoms with E-state index in [-0.39, 0.29) is 31.3 Å². The molecule has 0 saturated carbocycles. The third-order valence-corrected chi connectivity index (χ3v) is 4.89. The van der Waals surface area contributed by atoms with Gasteiger partial charge in [0.15, 0.2) is 11.5 Å². The van der Waals surface area contributed by atoms with Gasteiger partial charge in [-0.1, -0.05) is 48.5 Å². The van der Waals surface area contributed by atoms with E-state index in [9.17, 15) is 14.7 Å². The standard InChI is InChI=1S/C22H21N5O3/c1-25-21-18(14-23-20(24-21)16-8-4-2-5-9-16)27(22(25)30)15-19(29)26(12-13-28)17-10-6-3-7-11-17/h2-11,14,28H,12-13,15H2,1H3. The second-order valence-corrected chi connectivity index (χ2v) is 6.80. The molecule has 8 heteroatoms. The number of rotatable bonds is 6. The first kappa shape index (κ1) is 19.5. The molecule has 0 atom stereocenters. The zero-order chi connectivity index (χ0) is 21.1. The Morgan fingerprint density at radius 1 is 1.07 bits per heavy atom. The monoisotopic (exact) mass is 403 g/mol. The summed E-state index contributed by atoms with van der Waals surface area (Å²) >= 11 is 0. The smallest absolute Gasteiger partial charge is 0.330 e. The van der Waals surface area contributed by atoms with E-state index in [1.165, 1.54) is 14.0 Å². The summed E-state index contributed by atoms with van der Waals surface area (Å²) < 4.78 is 2.77. The fourth-order valence-corrected chi connectivity index (χ4v) is 3.38. The highest BCUT2D eigenvalue weighted by molar-refractivity contribution is 5.94. The number of aliphatic hydroxyl groups is 1. The molecule has 0 aliphatic heterocycles. The maximum absolute atomic E-state index is 13.0. The molecule has 1 amide bonds. The van der Waals surface area contributed by atoms with E-state index < -0.39 is 0 Å². The van der Waals surface area contributed by atoms with Crippen LogP contribution in [0.1, 0.15) is 0 Å². The Morgan fingerprint density at radius 3 is 2.40 bits per heavy atom. The van der Waals surface area contributed by atoms with E-state index in [4.69, 9.17) is 0 Å². The predicted molar refractivity (Wildman–Crippen MR) is 114 cm³/mol. The molecule has 8 nitrogen and oxygen atoms in total.